The Morgan fingerprint density at radius 3 is 3.35 bits per heavy atom. The first-order valence-corrected chi connectivity index (χ1v) is 6.31. The van der Waals surface area contributed by atoms with Crippen LogP contribution in [0.2, 0.25) is 0 Å². The van der Waals surface area contributed by atoms with E-state index in [0.29, 0.717) is 23.7 Å². The molecule has 4 aromatic rings. The van der Waals surface area contributed by atoms with E-state index in [0.717, 1.165) is 22.2 Å². The zero-order chi connectivity index (χ0) is 15.8. The summed E-state index contributed by atoms with van der Waals surface area (Å²) in [5.41, 5.74) is 3.41. The van der Waals surface area contributed by atoms with Gasteiger partial charge in [-0.1, -0.05) is 0 Å². The Morgan fingerprint density at radius 1 is 1.40 bits per heavy atom. The van der Waals surface area contributed by atoms with Crippen molar-refractivity contribution in [2.75, 3.05) is 0 Å². The Hall–Kier alpha value is -2.69. The van der Waals surface area contributed by atoms with Gasteiger partial charge in [-0.2, -0.15) is 4.57 Å². The molecule has 0 saturated heterocycles. The maximum absolute atomic E-state index is 7.94. The molecule has 0 unspecified atom stereocenters. The first-order chi connectivity index (χ1) is 11.1. The van der Waals surface area contributed by atoms with Crippen LogP contribution >= 0.6 is 0 Å². The third kappa shape index (κ3) is 1.02. The van der Waals surface area contributed by atoms with Crippen molar-refractivity contribution in [2.45, 2.75) is 6.54 Å². The number of imidazole rings is 1. The summed E-state index contributed by atoms with van der Waals surface area (Å²) in [6.45, 7) is -1.83. The highest BCUT2D eigenvalue weighted by molar-refractivity contribution is 6.01. The topological polar surface area (TPSA) is 47.7 Å². The van der Waals surface area contributed by atoms with Crippen LogP contribution in [-0.4, -0.2) is 14.5 Å². The van der Waals surface area contributed by atoms with Crippen LogP contribution in [0.1, 0.15) is 9.81 Å². The van der Waals surface area contributed by atoms with Crippen molar-refractivity contribution < 1.29 is 13.1 Å². The van der Waals surface area contributed by atoms with E-state index in [9.17, 15) is 0 Å². The number of pyridine rings is 2. The van der Waals surface area contributed by atoms with Crippen LogP contribution in [0.15, 0.2) is 41.2 Å². The standard InChI is InChI=1S/C15H11N4O/c1-18-14-9-3-2-5-17-11(9)8-19(14)13-10-7-16-6-4-12(10)20-15(13)18/h2-7H,8H2,1H3/q+1/i1D3. The second kappa shape index (κ2) is 3.25. The molecule has 20 heavy (non-hydrogen) atoms. The van der Waals surface area contributed by atoms with Crippen molar-refractivity contribution in [3.05, 3.63) is 42.5 Å². The first kappa shape index (κ1) is 7.79. The third-order valence-corrected chi connectivity index (χ3v) is 3.82. The summed E-state index contributed by atoms with van der Waals surface area (Å²) in [6.07, 6.45) is 5.05. The highest BCUT2D eigenvalue weighted by Crippen LogP contribution is 2.36. The highest BCUT2D eigenvalue weighted by atomic mass is 16.3. The quantitative estimate of drug-likeness (QED) is 0.403. The number of aromatic nitrogens is 4. The van der Waals surface area contributed by atoms with Crippen LogP contribution in [0.5, 0.6) is 0 Å². The summed E-state index contributed by atoms with van der Waals surface area (Å²) in [7, 11) is 0. The molecule has 0 N–H and O–H groups in total. The Labute approximate surface area is 118 Å². The van der Waals surface area contributed by atoms with E-state index in [-0.39, 0.29) is 0 Å². The maximum atomic E-state index is 7.94. The third-order valence-electron chi connectivity index (χ3n) is 3.82. The molecule has 1 aliphatic heterocycles. The van der Waals surface area contributed by atoms with Gasteiger partial charge in [-0.15, -0.1) is 0 Å². The average molecular weight is 266 g/mol. The Morgan fingerprint density at radius 2 is 2.40 bits per heavy atom. The summed E-state index contributed by atoms with van der Waals surface area (Å²) in [5.74, 6) is 0.604. The molecular weight excluding hydrogens is 252 g/mol. The van der Waals surface area contributed by atoms with E-state index in [1.807, 2.05) is 16.7 Å². The fourth-order valence-electron chi connectivity index (χ4n) is 2.99. The molecule has 0 bridgehead atoms. The highest BCUT2D eigenvalue weighted by Gasteiger charge is 2.36. The normalized spacial score (nSPS) is 15.9. The number of hydrogen-bond acceptors (Lipinski definition) is 3. The fraction of sp³-hybridized carbons (Fsp3) is 0.133. The van der Waals surface area contributed by atoms with Gasteiger partial charge in [-0.05, 0) is 12.1 Å². The summed E-state index contributed by atoms with van der Waals surface area (Å²) < 4.78 is 32.9. The van der Waals surface area contributed by atoms with E-state index in [1.54, 1.807) is 24.7 Å². The molecule has 5 nitrogen and oxygen atoms in total. The lowest BCUT2D eigenvalue weighted by Crippen LogP contribution is -2.29. The van der Waals surface area contributed by atoms with Gasteiger partial charge in [0.05, 0.1) is 27.7 Å². The molecule has 5 rings (SSSR count). The predicted molar refractivity (Wildman–Crippen MR) is 73.0 cm³/mol. The second-order valence-corrected chi connectivity index (χ2v) is 4.87. The molecule has 0 fully saturated rings. The van der Waals surface area contributed by atoms with Crippen molar-refractivity contribution in [1.29, 1.82) is 0 Å². The SMILES string of the molecule is [2H]C([2H])([2H])[n+]1c2n(c3c4cnccc4oc31)Cc1ncccc1-2. The molecular formula is C15H11N4O+. The van der Waals surface area contributed by atoms with Gasteiger partial charge in [0.2, 0.25) is 5.52 Å². The number of hydrogen-bond donors (Lipinski definition) is 0. The van der Waals surface area contributed by atoms with Gasteiger partial charge in [0.1, 0.15) is 12.1 Å². The molecule has 5 heterocycles. The van der Waals surface area contributed by atoms with Crippen LogP contribution in [0, 0.1) is 0 Å². The van der Waals surface area contributed by atoms with E-state index >= 15 is 0 Å². The van der Waals surface area contributed by atoms with Crippen LogP contribution in [0.3, 0.4) is 0 Å². The molecule has 0 aromatic carbocycles. The molecule has 4 aromatic heterocycles. The smallest absolute Gasteiger partial charge is 0.339 e. The van der Waals surface area contributed by atoms with Crippen molar-refractivity contribution in [3.8, 4) is 11.4 Å². The molecule has 0 atom stereocenters. The monoisotopic (exact) mass is 266 g/mol. The summed E-state index contributed by atoms with van der Waals surface area (Å²) >= 11 is 0. The number of aryl methyl sites for hydroxylation is 1. The molecule has 0 radical (unpaired) electrons. The lowest BCUT2D eigenvalue weighted by Gasteiger charge is -1.93. The first-order valence-electron chi connectivity index (χ1n) is 7.81. The van der Waals surface area contributed by atoms with E-state index in [2.05, 4.69) is 9.97 Å². The lowest BCUT2D eigenvalue weighted by molar-refractivity contribution is -0.640. The largest absolute Gasteiger partial charge is 0.419 e. The van der Waals surface area contributed by atoms with E-state index < -0.39 is 6.98 Å². The number of fused-ring (bicyclic) bond motifs is 7. The lowest BCUT2D eigenvalue weighted by atomic mass is 10.2. The molecule has 1 aliphatic rings. The number of furan rings is 1. The Balaban J connectivity index is 2.01. The van der Waals surface area contributed by atoms with Gasteiger partial charge in [0, 0.05) is 24.7 Å². The Kier molecular flexibility index (Phi) is 1.27. The molecule has 0 spiro atoms. The second-order valence-electron chi connectivity index (χ2n) is 4.87. The van der Waals surface area contributed by atoms with Gasteiger partial charge in [-0.25, -0.2) is 4.57 Å². The van der Waals surface area contributed by atoms with Gasteiger partial charge in [0.15, 0.2) is 0 Å². The minimum atomic E-state index is -2.35. The van der Waals surface area contributed by atoms with Gasteiger partial charge >= 0.3 is 5.71 Å². The summed E-state index contributed by atoms with van der Waals surface area (Å²) in [4.78, 5) is 8.52. The van der Waals surface area contributed by atoms with Crippen molar-refractivity contribution >= 4 is 22.2 Å². The van der Waals surface area contributed by atoms with Crippen molar-refractivity contribution in [1.82, 2.24) is 14.5 Å². The van der Waals surface area contributed by atoms with Crippen LogP contribution in [-0.2, 0) is 13.5 Å². The van der Waals surface area contributed by atoms with E-state index in [1.165, 1.54) is 4.57 Å². The van der Waals surface area contributed by atoms with E-state index in [4.69, 9.17) is 8.53 Å². The van der Waals surface area contributed by atoms with Crippen molar-refractivity contribution in [3.63, 3.8) is 0 Å². The Bertz CT molecular complexity index is 1090. The zero-order valence-corrected chi connectivity index (χ0v) is 10.4. The molecule has 0 saturated carbocycles. The molecule has 0 aliphatic carbocycles. The number of nitrogens with zero attached hydrogens (tertiary/aromatic N) is 4. The fourth-order valence-corrected chi connectivity index (χ4v) is 2.99. The summed E-state index contributed by atoms with van der Waals surface area (Å²) in [5, 5.41) is 0.805. The minimum absolute atomic E-state index is 0.345. The molecule has 0 amide bonds. The maximum Gasteiger partial charge on any atom is 0.339 e. The van der Waals surface area contributed by atoms with Crippen LogP contribution in [0.25, 0.3) is 33.6 Å². The predicted octanol–water partition coefficient (Wildman–Crippen LogP) is 2.03. The van der Waals surface area contributed by atoms with Crippen LogP contribution < -0.4 is 4.57 Å². The van der Waals surface area contributed by atoms with Crippen LogP contribution in [0.4, 0.5) is 0 Å². The van der Waals surface area contributed by atoms with Crippen molar-refractivity contribution in [2.24, 2.45) is 6.98 Å². The molecule has 96 valence electrons. The van der Waals surface area contributed by atoms with Gasteiger partial charge < -0.3 is 4.42 Å². The summed E-state index contributed by atoms with van der Waals surface area (Å²) in [6, 6.07) is 5.45. The average Bonchev–Trinajstić information content (AvgIpc) is 3.12. The minimum Gasteiger partial charge on any atom is -0.419 e. The van der Waals surface area contributed by atoms with Gasteiger partial charge in [-0.3, -0.25) is 9.97 Å². The molecule has 5 heteroatoms. The zero-order valence-electron chi connectivity index (χ0n) is 13.4. The number of rotatable bonds is 0. The van der Waals surface area contributed by atoms with Gasteiger partial charge in [0.25, 0.3) is 5.82 Å².